The standard InChI is InChI=1S/C21H20N2O4S/c1-14(27-20(25)17-10-8-15(9-11-17)12-26-2)19(24)23-21-22-18(13-28-21)16-6-4-3-5-7-16/h3-11,13-14H,12H2,1-2H3,(H,22,23,24). The van der Waals surface area contributed by atoms with Crippen LogP contribution in [0.2, 0.25) is 0 Å². The molecule has 0 bridgehead atoms. The van der Waals surface area contributed by atoms with Crippen LogP contribution in [0.3, 0.4) is 0 Å². The van der Waals surface area contributed by atoms with Crippen molar-refractivity contribution in [3.05, 3.63) is 71.1 Å². The fourth-order valence-corrected chi connectivity index (χ4v) is 3.19. The van der Waals surface area contributed by atoms with Crippen LogP contribution in [-0.2, 0) is 20.9 Å². The number of methoxy groups -OCH3 is 1. The van der Waals surface area contributed by atoms with E-state index in [1.165, 1.54) is 18.3 Å². The van der Waals surface area contributed by atoms with Crippen LogP contribution in [0.25, 0.3) is 11.3 Å². The highest BCUT2D eigenvalue weighted by Gasteiger charge is 2.20. The lowest BCUT2D eigenvalue weighted by Gasteiger charge is -2.12. The molecule has 0 saturated carbocycles. The Labute approximate surface area is 167 Å². The van der Waals surface area contributed by atoms with Crippen molar-refractivity contribution in [2.24, 2.45) is 0 Å². The molecule has 3 aromatic rings. The summed E-state index contributed by atoms with van der Waals surface area (Å²) in [7, 11) is 1.60. The average Bonchev–Trinajstić information content (AvgIpc) is 3.18. The molecule has 1 N–H and O–H groups in total. The van der Waals surface area contributed by atoms with Crippen LogP contribution >= 0.6 is 11.3 Å². The van der Waals surface area contributed by atoms with Crippen LogP contribution < -0.4 is 5.32 Å². The molecule has 0 radical (unpaired) electrons. The van der Waals surface area contributed by atoms with E-state index >= 15 is 0 Å². The van der Waals surface area contributed by atoms with Crippen molar-refractivity contribution in [1.29, 1.82) is 0 Å². The molecule has 2 aromatic carbocycles. The number of benzene rings is 2. The van der Waals surface area contributed by atoms with E-state index in [0.29, 0.717) is 17.3 Å². The maximum absolute atomic E-state index is 12.3. The number of thiazole rings is 1. The van der Waals surface area contributed by atoms with Gasteiger partial charge in [0.1, 0.15) is 0 Å². The second-order valence-electron chi connectivity index (χ2n) is 6.07. The zero-order chi connectivity index (χ0) is 19.9. The van der Waals surface area contributed by atoms with Gasteiger partial charge in [-0.15, -0.1) is 11.3 Å². The normalized spacial score (nSPS) is 11.6. The van der Waals surface area contributed by atoms with Crippen LogP contribution in [0.4, 0.5) is 5.13 Å². The van der Waals surface area contributed by atoms with Gasteiger partial charge in [-0.05, 0) is 24.6 Å². The lowest BCUT2D eigenvalue weighted by atomic mass is 10.1. The fourth-order valence-electron chi connectivity index (χ4n) is 2.47. The summed E-state index contributed by atoms with van der Waals surface area (Å²) in [4.78, 5) is 29.0. The quantitative estimate of drug-likeness (QED) is 0.607. The Hall–Kier alpha value is -3.03. The summed E-state index contributed by atoms with van der Waals surface area (Å²) in [6.45, 7) is 1.99. The van der Waals surface area contributed by atoms with Crippen molar-refractivity contribution >= 4 is 28.3 Å². The molecule has 144 valence electrons. The number of carbonyl (C=O) groups is 2. The van der Waals surface area contributed by atoms with E-state index in [4.69, 9.17) is 9.47 Å². The summed E-state index contributed by atoms with van der Waals surface area (Å²) >= 11 is 1.32. The number of hydrogen-bond donors (Lipinski definition) is 1. The molecule has 1 heterocycles. The summed E-state index contributed by atoms with van der Waals surface area (Å²) in [6.07, 6.45) is -0.949. The van der Waals surface area contributed by atoms with Gasteiger partial charge >= 0.3 is 5.97 Å². The zero-order valence-electron chi connectivity index (χ0n) is 15.5. The van der Waals surface area contributed by atoms with Crippen molar-refractivity contribution in [3.63, 3.8) is 0 Å². The topological polar surface area (TPSA) is 77.5 Å². The van der Waals surface area contributed by atoms with E-state index in [-0.39, 0.29) is 0 Å². The molecule has 1 amide bonds. The Kier molecular flexibility index (Phi) is 6.52. The molecule has 7 heteroatoms. The van der Waals surface area contributed by atoms with Gasteiger partial charge < -0.3 is 9.47 Å². The number of anilines is 1. The molecule has 0 spiro atoms. The number of carbonyl (C=O) groups excluding carboxylic acids is 2. The van der Waals surface area contributed by atoms with Gasteiger partial charge in [0.05, 0.1) is 17.9 Å². The highest BCUT2D eigenvalue weighted by Crippen LogP contribution is 2.24. The maximum Gasteiger partial charge on any atom is 0.338 e. The maximum atomic E-state index is 12.3. The minimum absolute atomic E-state index is 0.375. The smallest absolute Gasteiger partial charge is 0.338 e. The number of ether oxygens (including phenoxy) is 2. The van der Waals surface area contributed by atoms with Gasteiger partial charge in [-0.2, -0.15) is 0 Å². The molecule has 3 rings (SSSR count). The SMILES string of the molecule is COCc1ccc(C(=O)OC(C)C(=O)Nc2nc(-c3ccccc3)cs2)cc1. The minimum atomic E-state index is -0.949. The van der Waals surface area contributed by atoms with Gasteiger partial charge in [0.15, 0.2) is 11.2 Å². The number of nitrogens with zero attached hydrogens (tertiary/aromatic N) is 1. The van der Waals surface area contributed by atoms with Crippen molar-refractivity contribution in [2.75, 3.05) is 12.4 Å². The summed E-state index contributed by atoms with van der Waals surface area (Å²) in [6, 6.07) is 16.5. The Morgan fingerprint density at radius 3 is 2.50 bits per heavy atom. The number of rotatable bonds is 7. The molecule has 1 aromatic heterocycles. The molecule has 0 saturated heterocycles. The molecule has 0 fully saturated rings. The van der Waals surface area contributed by atoms with Crippen LogP contribution in [0.5, 0.6) is 0 Å². The van der Waals surface area contributed by atoms with E-state index < -0.39 is 18.0 Å². The number of hydrogen-bond acceptors (Lipinski definition) is 6. The first-order valence-corrected chi connectivity index (χ1v) is 9.55. The number of nitrogens with one attached hydrogen (secondary N) is 1. The van der Waals surface area contributed by atoms with Crippen LogP contribution in [-0.4, -0.2) is 30.1 Å². The highest BCUT2D eigenvalue weighted by atomic mass is 32.1. The van der Waals surface area contributed by atoms with Crippen molar-refractivity contribution in [3.8, 4) is 11.3 Å². The predicted octanol–water partition coefficient (Wildman–Crippen LogP) is 4.14. The van der Waals surface area contributed by atoms with Gasteiger partial charge in [0, 0.05) is 18.1 Å². The van der Waals surface area contributed by atoms with Crippen molar-refractivity contribution < 1.29 is 19.1 Å². The van der Waals surface area contributed by atoms with Gasteiger partial charge in [0.25, 0.3) is 5.91 Å². The van der Waals surface area contributed by atoms with Gasteiger partial charge in [0.2, 0.25) is 0 Å². The average molecular weight is 396 g/mol. The predicted molar refractivity (Wildman–Crippen MR) is 108 cm³/mol. The fraction of sp³-hybridized carbons (Fsp3) is 0.190. The Balaban J connectivity index is 1.57. The summed E-state index contributed by atoms with van der Waals surface area (Å²) < 4.78 is 10.3. The van der Waals surface area contributed by atoms with Crippen LogP contribution in [0.1, 0.15) is 22.8 Å². The zero-order valence-corrected chi connectivity index (χ0v) is 16.4. The van der Waals surface area contributed by atoms with Crippen molar-refractivity contribution in [2.45, 2.75) is 19.6 Å². The van der Waals surface area contributed by atoms with E-state index in [0.717, 1.165) is 16.8 Å². The van der Waals surface area contributed by atoms with Gasteiger partial charge in [-0.3, -0.25) is 10.1 Å². The molecular weight excluding hydrogens is 376 g/mol. The number of aromatic nitrogens is 1. The number of esters is 1. The van der Waals surface area contributed by atoms with Gasteiger partial charge in [-0.1, -0.05) is 42.5 Å². The Morgan fingerprint density at radius 2 is 1.82 bits per heavy atom. The molecule has 0 aliphatic heterocycles. The van der Waals surface area contributed by atoms with Crippen LogP contribution in [0, 0.1) is 0 Å². The lowest BCUT2D eigenvalue weighted by Crippen LogP contribution is -2.30. The molecule has 1 atom stereocenters. The Morgan fingerprint density at radius 1 is 1.11 bits per heavy atom. The number of amides is 1. The van der Waals surface area contributed by atoms with Crippen LogP contribution in [0.15, 0.2) is 60.0 Å². The van der Waals surface area contributed by atoms with E-state index in [1.807, 2.05) is 35.7 Å². The first-order valence-electron chi connectivity index (χ1n) is 8.67. The first kappa shape index (κ1) is 19.7. The molecule has 1 unspecified atom stereocenters. The largest absolute Gasteiger partial charge is 0.449 e. The first-order chi connectivity index (χ1) is 13.6. The third kappa shape index (κ3) is 5.03. The summed E-state index contributed by atoms with van der Waals surface area (Å²) in [5.74, 6) is -0.992. The lowest BCUT2D eigenvalue weighted by molar-refractivity contribution is -0.123. The monoisotopic (exact) mass is 396 g/mol. The summed E-state index contributed by atoms with van der Waals surface area (Å²) in [5, 5.41) is 5.01. The molecule has 28 heavy (non-hydrogen) atoms. The van der Waals surface area contributed by atoms with Crippen molar-refractivity contribution in [1.82, 2.24) is 4.98 Å². The third-order valence-corrected chi connectivity index (χ3v) is 4.72. The van der Waals surface area contributed by atoms with E-state index in [9.17, 15) is 9.59 Å². The second-order valence-corrected chi connectivity index (χ2v) is 6.93. The second kappa shape index (κ2) is 9.25. The van der Waals surface area contributed by atoms with E-state index in [2.05, 4.69) is 10.3 Å². The van der Waals surface area contributed by atoms with E-state index in [1.54, 1.807) is 31.4 Å². The molecular formula is C21H20N2O4S. The molecule has 0 aliphatic carbocycles. The minimum Gasteiger partial charge on any atom is -0.449 e. The third-order valence-electron chi connectivity index (χ3n) is 3.96. The highest BCUT2D eigenvalue weighted by molar-refractivity contribution is 7.14. The van der Waals surface area contributed by atoms with Gasteiger partial charge in [-0.25, -0.2) is 9.78 Å². The Bertz CT molecular complexity index is 939. The molecule has 0 aliphatic rings. The molecule has 6 nitrogen and oxygen atoms in total. The summed E-state index contributed by atoms with van der Waals surface area (Å²) in [5.41, 5.74) is 3.07.